The van der Waals surface area contributed by atoms with E-state index in [1.54, 1.807) is 0 Å². The van der Waals surface area contributed by atoms with Crippen LogP contribution in [0.1, 0.15) is 23.1 Å². The number of rotatable bonds is 2. The number of aromatic amines is 1. The largest absolute Gasteiger partial charge is 0.454 e. The summed E-state index contributed by atoms with van der Waals surface area (Å²) in [5, 5.41) is 0. The molecular formula is C13H12N2O3. The van der Waals surface area contributed by atoms with Crippen LogP contribution in [-0.4, -0.2) is 22.5 Å². The molecule has 1 aliphatic heterocycles. The van der Waals surface area contributed by atoms with Crippen molar-refractivity contribution in [2.45, 2.75) is 13.8 Å². The first-order chi connectivity index (χ1) is 8.65. The Kier molecular flexibility index (Phi) is 2.33. The maximum absolute atomic E-state index is 11.4. The van der Waals surface area contributed by atoms with Gasteiger partial charge in [-0.15, -0.1) is 0 Å². The Balaban J connectivity index is 2.05. The molecule has 3 rings (SSSR count). The van der Waals surface area contributed by atoms with Crippen molar-refractivity contribution >= 4 is 5.78 Å². The van der Waals surface area contributed by atoms with E-state index in [4.69, 9.17) is 9.47 Å². The molecule has 0 spiro atoms. The molecule has 0 saturated carbocycles. The van der Waals surface area contributed by atoms with Crippen molar-refractivity contribution in [2.75, 3.05) is 6.79 Å². The maximum Gasteiger partial charge on any atom is 0.231 e. The van der Waals surface area contributed by atoms with Crippen molar-refractivity contribution in [3.05, 3.63) is 29.6 Å². The third-order valence-corrected chi connectivity index (χ3v) is 2.86. The van der Waals surface area contributed by atoms with E-state index in [0.29, 0.717) is 17.3 Å². The predicted octanol–water partition coefficient (Wildman–Crippen LogP) is 2.32. The molecule has 0 radical (unpaired) electrons. The fourth-order valence-electron chi connectivity index (χ4n) is 1.98. The second-order valence-corrected chi connectivity index (χ2v) is 4.18. The molecular weight excluding hydrogens is 232 g/mol. The molecule has 2 heterocycles. The molecule has 18 heavy (non-hydrogen) atoms. The fourth-order valence-corrected chi connectivity index (χ4v) is 1.98. The molecule has 0 saturated heterocycles. The highest BCUT2D eigenvalue weighted by Crippen LogP contribution is 2.35. The topological polar surface area (TPSA) is 64.2 Å². The minimum Gasteiger partial charge on any atom is -0.454 e. The van der Waals surface area contributed by atoms with Crippen LogP contribution in [-0.2, 0) is 0 Å². The smallest absolute Gasteiger partial charge is 0.231 e. The van der Waals surface area contributed by atoms with E-state index in [0.717, 1.165) is 17.0 Å². The molecule has 1 aromatic heterocycles. The number of nitrogens with zero attached hydrogens (tertiary/aromatic N) is 1. The van der Waals surface area contributed by atoms with Crippen LogP contribution in [0, 0.1) is 6.92 Å². The predicted molar refractivity (Wildman–Crippen MR) is 64.9 cm³/mol. The Hall–Kier alpha value is -2.30. The molecule has 5 heteroatoms. The first-order valence-electron chi connectivity index (χ1n) is 5.62. The molecule has 1 aromatic carbocycles. The number of benzene rings is 1. The number of nitrogens with one attached hydrogen (secondary N) is 1. The molecule has 0 unspecified atom stereocenters. The standard InChI is InChI=1S/C13H12N2O3/c1-7-12(8(2)16)15-13(14-7)9-3-4-10-11(5-9)18-6-17-10/h3-5H,6H2,1-2H3,(H,14,15). The van der Waals surface area contributed by atoms with E-state index in [2.05, 4.69) is 9.97 Å². The number of Topliss-reactive ketones (excluding diaryl/α,β-unsaturated/α-hetero) is 1. The Morgan fingerprint density at radius 3 is 2.83 bits per heavy atom. The summed E-state index contributed by atoms with van der Waals surface area (Å²) in [4.78, 5) is 18.8. The van der Waals surface area contributed by atoms with Gasteiger partial charge in [-0.05, 0) is 25.1 Å². The highest BCUT2D eigenvalue weighted by Gasteiger charge is 2.16. The fraction of sp³-hybridized carbons (Fsp3) is 0.231. The summed E-state index contributed by atoms with van der Waals surface area (Å²) in [6, 6.07) is 5.57. The van der Waals surface area contributed by atoms with Crippen LogP contribution in [0.4, 0.5) is 0 Å². The quantitative estimate of drug-likeness (QED) is 0.823. The van der Waals surface area contributed by atoms with Gasteiger partial charge < -0.3 is 14.5 Å². The summed E-state index contributed by atoms with van der Waals surface area (Å²) in [5.41, 5.74) is 2.12. The van der Waals surface area contributed by atoms with E-state index >= 15 is 0 Å². The van der Waals surface area contributed by atoms with Crippen molar-refractivity contribution in [3.8, 4) is 22.9 Å². The lowest BCUT2D eigenvalue weighted by molar-refractivity contribution is 0.101. The lowest BCUT2D eigenvalue weighted by Gasteiger charge is -1.99. The number of ether oxygens (including phenoxy) is 2. The summed E-state index contributed by atoms with van der Waals surface area (Å²) < 4.78 is 10.6. The Morgan fingerprint density at radius 1 is 1.33 bits per heavy atom. The minimum absolute atomic E-state index is 0.0456. The number of carbonyl (C=O) groups excluding carboxylic acids is 1. The maximum atomic E-state index is 11.4. The van der Waals surface area contributed by atoms with E-state index in [1.807, 2.05) is 25.1 Å². The minimum atomic E-state index is -0.0456. The normalized spacial score (nSPS) is 12.8. The van der Waals surface area contributed by atoms with Crippen LogP contribution in [0.25, 0.3) is 11.4 Å². The van der Waals surface area contributed by atoms with E-state index in [9.17, 15) is 4.79 Å². The SMILES string of the molecule is CC(=O)c1nc(-c2ccc3c(c2)OCO3)[nH]c1C. The van der Waals surface area contributed by atoms with Gasteiger partial charge >= 0.3 is 0 Å². The Labute approximate surface area is 104 Å². The number of ketones is 1. The van der Waals surface area contributed by atoms with Crippen LogP contribution < -0.4 is 9.47 Å². The van der Waals surface area contributed by atoms with Gasteiger partial charge in [-0.2, -0.15) is 0 Å². The molecule has 0 bridgehead atoms. The first-order valence-corrected chi connectivity index (χ1v) is 5.62. The lowest BCUT2D eigenvalue weighted by Crippen LogP contribution is -1.94. The molecule has 5 nitrogen and oxygen atoms in total. The van der Waals surface area contributed by atoms with Gasteiger partial charge in [-0.1, -0.05) is 0 Å². The average Bonchev–Trinajstić information content (AvgIpc) is 2.93. The number of H-pyrrole nitrogens is 1. The van der Waals surface area contributed by atoms with Gasteiger partial charge in [0.15, 0.2) is 17.3 Å². The molecule has 1 aliphatic rings. The molecule has 1 N–H and O–H groups in total. The molecule has 2 aromatic rings. The summed E-state index contributed by atoms with van der Waals surface area (Å²) >= 11 is 0. The summed E-state index contributed by atoms with van der Waals surface area (Å²) in [6.45, 7) is 3.58. The number of imidazole rings is 1. The van der Waals surface area contributed by atoms with Gasteiger partial charge in [0.1, 0.15) is 11.5 Å². The zero-order valence-corrected chi connectivity index (χ0v) is 10.1. The van der Waals surface area contributed by atoms with E-state index in [1.165, 1.54) is 6.92 Å². The average molecular weight is 244 g/mol. The van der Waals surface area contributed by atoms with Gasteiger partial charge in [-0.25, -0.2) is 4.98 Å². The highest BCUT2D eigenvalue weighted by molar-refractivity contribution is 5.93. The van der Waals surface area contributed by atoms with E-state index < -0.39 is 0 Å². The summed E-state index contributed by atoms with van der Waals surface area (Å²) in [6.07, 6.45) is 0. The van der Waals surface area contributed by atoms with Gasteiger partial charge in [0.05, 0.1) is 0 Å². The van der Waals surface area contributed by atoms with Crippen molar-refractivity contribution in [2.24, 2.45) is 0 Å². The zero-order valence-electron chi connectivity index (χ0n) is 10.1. The summed E-state index contributed by atoms with van der Waals surface area (Å²) in [5.74, 6) is 2.05. The van der Waals surface area contributed by atoms with Crippen LogP contribution in [0.5, 0.6) is 11.5 Å². The van der Waals surface area contributed by atoms with Crippen molar-refractivity contribution in [3.63, 3.8) is 0 Å². The van der Waals surface area contributed by atoms with Gasteiger partial charge in [0, 0.05) is 18.2 Å². The lowest BCUT2D eigenvalue weighted by atomic mass is 10.2. The van der Waals surface area contributed by atoms with E-state index in [-0.39, 0.29) is 12.6 Å². The number of carbonyl (C=O) groups is 1. The molecule has 0 aliphatic carbocycles. The molecule has 0 amide bonds. The van der Waals surface area contributed by atoms with Gasteiger partial charge in [0.25, 0.3) is 0 Å². The second-order valence-electron chi connectivity index (χ2n) is 4.18. The number of hydrogen-bond acceptors (Lipinski definition) is 4. The van der Waals surface area contributed by atoms with Crippen LogP contribution in [0.3, 0.4) is 0 Å². The van der Waals surface area contributed by atoms with Gasteiger partial charge in [-0.3, -0.25) is 4.79 Å². The second kappa shape index (κ2) is 3.87. The summed E-state index contributed by atoms with van der Waals surface area (Å²) in [7, 11) is 0. The van der Waals surface area contributed by atoms with Crippen LogP contribution >= 0.6 is 0 Å². The third kappa shape index (κ3) is 1.64. The molecule has 0 fully saturated rings. The number of fused-ring (bicyclic) bond motifs is 1. The zero-order chi connectivity index (χ0) is 12.7. The monoisotopic (exact) mass is 244 g/mol. The Morgan fingerprint density at radius 2 is 2.11 bits per heavy atom. The third-order valence-electron chi connectivity index (χ3n) is 2.86. The van der Waals surface area contributed by atoms with Gasteiger partial charge in [0.2, 0.25) is 6.79 Å². The number of aryl methyl sites for hydroxylation is 1. The first kappa shape index (κ1) is 10.8. The molecule has 92 valence electrons. The number of hydrogen-bond donors (Lipinski definition) is 1. The number of aromatic nitrogens is 2. The van der Waals surface area contributed by atoms with Crippen molar-refractivity contribution in [1.29, 1.82) is 0 Å². The molecule has 0 atom stereocenters. The highest BCUT2D eigenvalue weighted by atomic mass is 16.7. The van der Waals surface area contributed by atoms with Crippen LogP contribution in [0.15, 0.2) is 18.2 Å². The Bertz CT molecular complexity index is 631. The van der Waals surface area contributed by atoms with Crippen molar-refractivity contribution < 1.29 is 14.3 Å². The van der Waals surface area contributed by atoms with Crippen molar-refractivity contribution in [1.82, 2.24) is 9.97 Å². The van der Waals surface area contributed by atoms with Crippen LogP contribution in [0.2, 0.25) is 0 Å².